The summed E-state index contributed by atoms with van der Waals surface area (Å²) in [5, 5.41) is 2.87. The lowest BCUT2D eigenvalue weighted by atomic mass is 10.2. The van der Waals surface area contributed by atoms with E-state index in [-0.39, 0.29) is 5.91 Å². The molecule has 0 saturated heterocycles. The molecule has 0 aliphatic carbocycles. The molecule has 0 bridgehead atoms. The average Bonchev–Trinajstić information content (AvgIpc) is 2.34. The normalized spacial score (nSPS) is 10.2. The summed E-state index contributed by atoms with van der Waals surface area (Å²) in [5.41, 5.74) is 2.46. The predicted molar refractivity (Wildman–Crippen MR) is 80.5 cm³/mol. The molecule has 2 rings (SSSR count). The van der Waals surface area contributed by atoms with Gasteiger partial charge < -0.3 is 5.32 Å². The molecule has 1 amide bonds. The second-order valence-electron chi connectivity index (χ2n) is 3.99. The Morgan fingerprint density at radius 3 is 2.72 bits per heavy atom. The molecule has 0 aromatic heterocycles. The van der Waals surface area contributed by atoms with Gasteiger partial charge in [0.05, 0.1) is 5.69 Å². The standard InChI is InChI=1S/C14H12BrNOS/c1-9-5-6-12(15)13(7-9)16-14(17)10-3-2-4-11(18)8-10/h2-8,18H,1H3,(H,16,17). The minimum atomic E-state index is -0.141. The Morgan fingerprint density at radius 1 is 1.22 bits per heavy atom. The number of rotatable bonds is 2. The van der Waals surface area contributed by atoms with Crippen LogP contribution in [0.1, 0.15) is 15.9 Å². The number of anilines is 1. The van der Waals surface area contributed by atoms with Gasteiger partial charge in [0.2, 0.25) is 0 Å². The maximum atomic E-state index is 12.1. The zero-order valence-electron chi connectivity index (χ0n) is 9.77. The average molecular weight is 322 g/mol. The summed E-state index contributed by atoms with van der Waals surface area (Å²) in [6.45, 7) is 1.98. The Balaban J connectivity index is 2.24. The number of thiol groups is 1. The minimum Gasteiger partial charge on any atom is -0.321 e. The molecule has 92 valence electrons. The van der Waals surface area contributed by atoms with E-state index in [4.69, 9.17) is 0 Å². The van der Waals surface area contributed by atoms with Crippen LogP contribution in [0.25, 0.3) is 0 Å². The zero-order chi connectivity index (χ0) is 13.1. The molecule has 0 heterocycles. The van der Waals surface area contributed by atoms with Crippen LogP contribution in [0.15, 0.2) is 51.8 Å². The molecule has 0 atom stereocenters. The fraction of sp³-hybridized carbons (Fsp3) is 0.0714. The Labute approximate surface area is 120 Å². The van der Waals surface area contributed by atoms with Crippen LogP contribution < -0.4 is 5.32 Å². The predicted octanol–water partition coefficient (Wildman–Crippen LogP) is 4.30. The monoisotopic (exact) mass is 321 g/mol. The van der Waals surface area contributed by atoms with E-state index in [1.807, 2.05) is 37.3 Å². The maximum absolute atomic E-state index is 12.1. The van der Waals surface area contributed by atoms with Gasteiger partial charge in [0, 0.05) is 14.9 Å². The van der Waals surface area contributed by atoms with Crippen molar-refractivity contribution in [1.82, 2.24) is 0 Å². The number of aryl methyl sites for hydroxylation is 1. The van der Waals surface area contributed by atoms with E-state index >= 15 is 0 Å². The highest BCUT2D eigenvalue weighted by Gasteiger charge is 2.08. The summed E-state index contributed by atoms with van der Waals surface area (Å²) in [5.74, 6) is -0.141. The third-order valence-corrected chi connectivity index (χ3v) is 3.45. The van der Waals surface area contributed by atoms with Gasteiger partial charge in [0.25, 0.3) is 5.91 Å². The first-order chi connectivity index (χ1) is 8.56. The molecule has 0 fully saturated rings. The Morgan fingerprint density at radius 2 is 2.00 bits per heavy atom. The van der Waals surface area contributed by atoms with E-state index in [9.17, 15) is 4.79 Å². The molecule has 0 aliphatic rings. The van der Waals surface area contributed by atoms with Crippen molar-refractivity contribution in [2.75, 3.05) is 5.32 Å². The summed E-state index contributed by atoms with van der Waals surface area (Å²) in [6, 6.07) is 13.0. The van der Waals surface area contributed by atoms with Crippen molar-refractivity contribution in [3.63, 3.8) is 0 Å². The first-order valence-electron chi connectivity index (χ1n) is 5.43. The highest BCUT2D eigenvalue weighted by Crippen LogP contribution is 2.24. The van der Waals surface area contributed by atoms with Crippen molar-refractivity contribution < 1.29 is 4.79 Å². The fourth-order valence-corrected chi connectivity index (χ4v) is 2.15. The van der Waals surface area contributed by atoms with Crippen molar-refractivity contribution in [1.29, 1.82) is 0 Å². The van der Waals surface area contributed by atoms with Crippen LogP contribution in [0.5, 0.6) is 0 Å². The third kappa shape index (κ3) is 3.15. The van der Waals surface area contributed by atoms with Gasteiger partial charge in [-0.25, -0.2) is 0 Å². The highest BCUT2D eigenvalue weighted by molar-refractivity contribution is 9.10. The van der Waals surface area contributed by atoms with Crippen LogP contribution in [-0.4, -0.2) is 5.91 Å². The number of halogens is 1. The molecule has 0 radical (unpaired) electrons. The van der Waals surface area contributed by atoms with Gasteiger partial charge in [-0.2, -0.15) is 0 Å². The second kappa shape index (κ2) is 5.59. The van der Waals surface area contributed by atoms with Crippen LogP contribution in [0.4, 0.5) is 5.69 Å². The number of carbonyl (C=O) groups excluding carboxylic acids is 1. The smallest absolute Gasteiger partial charge is 0.255 e. The number of benzene rings is 2. The van der Waals surface area contributed by atoms with Crippen LogP contribution in [0.2, 0.25) is 0 Å². The van der Waals surface area contributed by atoms with Gasteiger partial charge >= 0.3 is 0 Å². The molecule has 0 aliphatic heterocycles. The molecule has 2 aromatic carbocycles. The molecule has 2 aromatic rings. The van der Waals surface area contributed by atoms with Crippen LogP contribution >= 0.6 is 28.6 Å². The molecule has 2 nitrogen and oxygen atoms in total. The largest absolute Gasteiger partial charge is 0.321 e. The lowest BCUT2D eigenvalue weighted by molar-refractivity contribution is 0.102. The molecular weight excluding hydrogens is 310 g/mol. The second-order valence-corrected chi connectivity index (χ2v) is 5.36. The summed E-state index contributed by atoms with van der Waals surface area (Å²) in [7, 11) is 0. The van der Waals surface area contributed by atoms with Gasteiger partial charge in [-0.15, -0.1) is 12.6 Å². The van der Waals surface area contributed by atoms with Crippen LogP contribution in [-0.2, 0) is 0 Å². The van der Waals surface area contributed by atoms with Crippen molar-refractivity contribution in [2.24, 2.45) is 0 Å². The lowest BCUT2D eigenvalue weighted by Gasteiger charge is -2.08. The van der Waals surface area contributed by atoms with E-state index in [0.717, 1.165) is 20.6 Å². The first-order valence-corrected chi connectivity index (χ1v) is 6.67. The van der Waals surface area contributed by atoms with Crippen LogP contribution in [0, 0.1) is 6.92 Å². The molecule has 18 heavy (non-hydrogen) atoms. The number of hydrogen-bond acceptors (Lipinski definition) is 2. The number of hydrogen-bond donors (Lipinski definition) is 2. The number of nitrogens with one attached hydrogen (secondary N) is 1. The van der Waals surface area contributed by atoms with E-state index in [1.165, 1.54) is 0 Å². The van der Waals surface area contributed by atoms with Crippen molar-refractivity contribution in [2.45, 2.75) is 11.8 Å². The highest BCUT2D eigenvalue weighted by atomic mass is 79.9. The van der Waals surface area contributed by atoms with Gasteiger partial charge in [0.1, 0.15) is 0 Å². The summed E-state index contributed by atoms with van der Waals surface area (Å²) < 4.78 is 0.864. The SMILES string of the molecule is Cc1ccc(Br)c(NC(=O)c2cccc(S)c2)c1. The molecule has 0 unspecified atom stereocenters. The summed E-state index contributed by atoms with van der Waals surface area (Å²) in [4.78, 5) is 12.8. The summed E-state index contributed by atoms with van der Waals surface area (Å²) >= 11 is 7.64. The molecule has 0 spiro atoms. The topological polar surface area (TPSA) is 29.1 Å². The number of carbonyl (C=O) groups is 1. The molecule has 1 N–H and O–H groups in total. The first kappa shape index (κ1) is 13.2. The fourth-order valence-electron chi connectivity index (χ4n) is 1.58. The Hall–Kier alpha value is -1.26. The van der Waals surface area contributed by atoms with E-state index in [1.54, 1.807) is 12.1 Å². The molecule has 0 saturated carbocycles. The Bertz CT molecular complexity index is 598. The van der Waals surface area contributed by atoms with Gasteiger partial charge in [-0.1, -0.05) is 12.1 Å². The minimum absolute atomic E-state index is 0.141. The van der Waals surface area contributed by atoms with Crippen molar-refractivity contribution in [3.05, 3.63) is 58.1 Å². The summed E-state index contributed by atoms with van der Waals surface area (Å²) in [6.07, 6.45) is 0. The van der Waals surface area contributed by atoms with Gasteiger partial charge in [-0.05, 0) is 58.7 Å². The maximum Gasteiger partial charge on any atom is 0.255 e. The van der Waals surface area contributed by atoms with Crippen molar-refractivity contribution in [3.8, 4) is 0 Å². The zero-order valence-corrected chi connectivity index (χ0v) is 12.3. The van der Waals surface area contributed by atoms with E-state index in [0.29, 0.717) is 5.56 Å². The van der Waals surface area contributed by atoms with Crippen molar-refractivity contribution >= 4 is 40.2 Å². The molecular formula is C14H12BrNOS. The quantitative estimate of drug-likeness (QED) is 0.793. The van der Waals surface area contributed by atoms with E-state index < -0.39 is 0 Å². The lowest BCUT2D eigenvalue weighted by Crippen LogP contribution is -2.12. The Kier molecular flexibility index (Phi) is 4.09. The molecule has 4 heteroatoms. The van der Waals surface area contributed by atoms with E-state index in [2.05, 4.69) is 33.9 Å². The van der Waals surface area contributed by atoms with Gasteiger partial charge in [0.15, 0.2) is 0 Å². The van der Waals surface area contributed by atoms with Crippen LogP contribution in [0.3, 0.4) is 0 Å². The number of amides is 1. The third-order valence-electron chi connectivity index (χ3n) is 2.48. The van der Waals surface area contributed by atoms with Gasteiger partial charge in [-0.3, -0.25) is 4.79 Å².